The number of fused-ring (bicyclic) bond motifs is 2. The maximum atomic E-state index is 14.7. The number of aryl methyl sites for hydroxylation is 1. The Morgan fingerprint density at radius 2 is 2.17 bits per heavy atom. The Balaban J connectivity index is 1.37. The van der Waals surface area contributed by atoms with Crippen LogP contribution in [0.25, 0.3) is 0 Å². The average Bonchev–Trinajstić information content (AvgIpc) is 3.19. The quantitative estimate of drug-likeness (QED) is 0.805. The van der Waals surface area contributed by atoms with E-state index in [0.717, 1.165) is 5.56 Å². The third kappa shape index (κ3) is 3.47. The molecule has 0 aliphatic carbocycles. The molecule has 5 rings (SSSR count). The Bertz CT molecular complexity index is 974. The molecule has 1 saturated heterocycles. The van der Waals surface area contributed by atoms with Crippen molar-refractivity contribution in [3.8, 4) is 5.75 Å². The number of amides is 1. The van der Waals surface area contributed by atoms with E-state index in [-0.39, 0.29) is 18.9 Å². The van der Waals surface area contributed by atoms with Crippen LogP contribution in [0.2, 0.25) is 0 Å². The van der Waals surface area contributed by atoms with Crippen molar-refractivity contribution in [2.24, 2.45) is 15.9 Å². The molecule has 0 spiro atoms. The van der Waals surface area contributed by atoms with Crippen LogP contribution in [0, 0.1) is 5.92 Å². The lowest BCUT2D eigenvalue weighted by Crippen LogP contribution is -2.55. The third-order valence-electron chi connectivity index (χ3n) is 5.87. The number of allylic oxidation sites excluding steroid dienone is 1. The number of halogens is 2. The number of para-hydroxylation sites is 1. The van der Waals surface area contributed by atoms with Crippen LogP contribution in [0.5, 0.6) is 5.75 Å². The lowest BCUT2D eigenvalue weighted by atomic mass is 9.90. The van der Waals surface area contributed by atoms with E-state index in [1.54, 1.807) is 11.1 Å². The number of ether oxygens (including phenoxy) is 1. The van der Waals surface area contributed by atoms with E-state index in [2.05, 4.69) is 15.4 Å². The number of rotatable bonds is 2. The summed E-state index contributed by atoms with van der Waals surface area (Å²) in [4.78, 5) is 23.0. The number of hydrazine groups is 1. The van der Waals surface area contributed by atoms with Gasteiger partial charge in [-0.2, -0.15) is 0 Å². The van der Waals surface area contributed by atoms with Gasteiger partial charge in [-0.3, -0.25) is 4.79 Å². The number of alkyl halides is 2. The fraction of sp³-hybridized carbons (Fsp3) is 0.476. The van der Waals surface area contributed by atoms with Gasteiger partial charge >= 0.3 is 0 Å². The molecule has 0 aromatic heterocycles. The van der Waals surface area contributed by atoms with Crippen LogP contribution in [0.3, 0.4) is 0 Å². The minimum Gasteiger partial charge on any atom is -0.480 e. The SMILES string of the molecule is CC1=NC2=NCNN2C(C2CN(C(=O)C3CCc4ccccc4O3)CC(F)(F)C2)=C1. The predicted molar refractivity (Wildman–Crippen MR) is 107 cm³/mol. The van der Waals surface area contributed by atoms with E-state index >= 15 is 0 Å². The molecule has 4 aliphatic rings. The maximum Gasteiger partial charge on any atom is 0.266 e. The Morgan fingerprint density at radius 1 is 1.33 bits per heavy atom. The fourth-order valence-electron chi connectivity index (χ4n) is 4.55. The summed E-state index contributed by atoms with van der Waals surface area (Å²) in [6.07, 6.45) is 1.91. The first-order valence-corrected chi connectivity index (χ1v) is 10.2. The lowest BCUT2D eigenvalue weighted by molar-refractivity contribution is -0.152. The molecule has 1 aromatic carbocycles. The zero-order chi connectivity index (χ0) is 20.9. The highest BCUT2D eigenvalue weighted by Gasteiger charge is 2.46. The van der Waals surface area contributed by atoms with Gasteiger partial charge < -0.3 is 9.64 Å². The van der Waals surface area contributed by atoms with Gasteiger partial charge in [0.2, 0.25) is 5.96 Å². The molecule has 2 atom stereocenters. The molecule has 4 aliphatic heterocycles. The number of carbonyl (C=O) groups excluding carboxylic acids is 1. The van der Waals surface area contributed by atoms with Crippen LogP contribution in [0.1, 0.15) is 25.3 Å². The summed E-state index contributed by atoms with van der Waals surface area (Å²) in [5, 5.41) is 1.66. The van der Waals surface area contributed by atoms with Crippen molar-refractivity contribution in [2.45, 2.75) is 38.2 Å². The number of carbonyl (C=O) groups is 1. The molecule has 9 heteroatoms. The summed E-state index contributed by atoms with van der Waals surface area (Å²) in [5.74, 6) is -2.75. The molecule has 2 unspecified atom stereocenters. The number of benzene rings is 1. The molecule has 30 heavy (non-hydrogen) atoms. The van der Waals surface area contributed by atoms with Crippen LogP contribution in [-0.2, 0) is 11.2 Å². The number of guanidine groups is 1. The van der Waals surface area contributed by atoms with Gasteiger partial charge in [-0.15, -0.1) is 0 Å². The minimum atomic E-state index is -2.98. The first kappa shape index (κ1) is 19.2. The molecule has 1 N–H and O–H groups in total. The summed E-state index contributed by atoms with van der Waals surface area (Å²) < 4.78 is 35.3. The smallest absolute Gasteiger partial charge is 0.266 e. The van der Waals surface area contributed by atoms with Crippen LogP contribution in [0.15, 0.2) is 46.0 Å². The Morgan fingerprint density at radius 3 is 3.03 bits per heavy atom. The van der Waals surface area contributed by atoms with Crippen LogP contribution in [0.4, 0.5) is 8.78 Å². The normalized spacial score (nSPS) is 27.4. The Hall–Kier alpha value is -2.81. The monoisotopic (exact) mass is 415 g/mol. The first-order chi connectivity index (χ1) is 14.4. The molecule has 7 nitrogen and oxygen atoms in total. The number of hydrogen-bond acceptors (Lipinski definition) is 6. The van der Waals surface area contributed by atoms with Gasteiger partial charge in [0.25, 0.3) is 11.8 Å². The highest BCUT2D eigenvalue weighted by Crippen LogP contribution is 2.37. The van der Waals surface area contributed by atoms with E-state index in [9.17, 15) is 13.6 Å². The minimum absolute atomic E-state index is 0.209. The second kappa shape index (κ2) is 7.16. The number of nitrogens with zero attached hydrogens (tertiary/aromatic N) is 4. The number of likely N-dealkylation sites (tertiary alicyclic amines) is 1. The topological polar surface area (TPSA) is 69.5 Å². The molecule has 0 radical (unpaired) electrons. The zero-order valence-corrected chi connectivity index (χ0v) is 16.6. The zero-order valence-electron chi connectivity index (χ0n) is 16.6. The van der Waals surface area contributed by atoms with E-state index in [1.807, 2.05) is 31.2 Å². The first-order valence-electron chi connectivity index (χ1n) is 10.2. The molecule has 4 heterocycles. The summed E-state index contributed by atoms with van der Waals surface area (Å²) in [5.41, 5.74) is 5.48. The highest BCUT2D eigenvalue weighted by atomic mass is 19.3. The van der Waals surface area contributed by atoms with Crippen molar-refractivity contribution in [1.82, 2.24) is 15.3 Å². The number of nitrogens with one attached hydrogen (secondary N) is 1. The van der Waals surface area contributed by atoms with Gasteiger partial charge in [0.1, 0.15) is 12.4 Å². The molecule has 1 aromatic rings. The van der Waals surface area contributed by atoms with Gasteiger partial charge in [-0.1, -0.05) is 18.2 Å². The van der Waals surface area contributed by atoms with Crippen LogP contribution < -0.4 is 10.2 Å². The second-order valence-corrected chi connectivity index (χ2v) is 8.16. The molecular formula is C21H23F2N5O2. The summed E-state index contributed by atoms with van der Waals surface area (Å²) in [6.45, 7) is 1.79. The van der Waals surface area contributed by atoms with Gasteiger partial charge in [0, 0.05) is 30.3 Å². The second-order valence-electron chi connectivity index (χ2n) is 8.16. The number of piperidine rings is 1. The molecule has 1 amide bonds. The average molecular weight is 415 g/mol. The van der Waals surface area contributed by atoms with E-state index < -0.39 is 24.5 Å². The Kier molecular flexibility index (Phi) is 4.57. The largest absolute Gasteiger partial charge is 0.480 e. The van der Waals surface area contributed by atoms with Crippen molar-refractivity contribution in [2.75, 3.05) is 19.8 Å². The summed E-state index contributed by atoms with van der Waals surface area (Å²) in [6, 6.07) is 7.55. The molecular weight excluding hydrogens is 392 g/mol. The predicted octanol–water partition coefficient (Wildman–Crippen LogP) is 2.36. The standard InChI is InChI=1S/C21H23F2N5O2/c1-13-8-16(28-20(26-13)24-12-25-28)15-9-21(22,23)11-27(10-15)19(29)18-7-6-14-4-2-3-5-17(14)30-18/h2-5,8,15,18,25H,6-7,9-12H2,1H3. The molecule has 158 valence electrons. The van der Waals surface area contributed by atoms with E-state index in [4.69, 9.17) is 4.74 Å². The third-order valence-corrected chi connectivity index (χ3v) is 5.87. The Labute approximate surface area is 173 Å². The lowest BCUT2D eigenvalue weighted by Gasteiger charge is -2.42. The fourth-order valence-corrected chi connectivity index (χ4v) is 4.55. The van der Waals surface area contributed by atoms with Gasteiger partial charge in [0.15, 0.2) is 6.10 Å². The number of aliphatic imine (C=N–C) groups is 2. The van der Waals surface area contributed by atoms with Crippen LogP contribution >= 0.6 is 0 Å². The van der Waals surface area contributed by atoms with Crippen molar-refractivity contribution in [3.63, 3.8) is 0 Å². The summed E-state index contributed by atoms with van der Waals surface area (Å²) in [7, 11) is 0. The van der Waals surface area contributed by atoms with Crippen molar-refractivity contribution >= 4 is 17.6 Å². The van der Waals surface area contributed by atoms with Crippen molar-refractivity contribution in [3.05, 3.63) is 41.6 Å². The van der Waals surface area contributed by atoms with Gasteiger partial charge in [-0.25, -0.2) is 29.2 Å². The van der Waals surface area contributed by atoms with E-state index in [0.29, 0.717) is 42.6 Å². The number of hydrogen-bond donors (Lipinski definition) is 1. The molecule has 0 saturated carbocycles. The van der Waals surface area contributed by atoms with E-state index in [1.165, 1.54) is 4.90 Å². The molecule has 1 fully saturated rings. The van der Waals surface area contributed by atoms with Crippen LogP contribution in [-0.4, -0.2) is 59.3 Å². The van der Waals surface area contributed by atoms with Gasteiger partial charge in [-0.05, 0) is 37.5 Å². The van der Waals surface area contributed by atoms with Gasteiger partial charge in [0.05, 0.1) is 6.54 Å². The summed E-state index contributed by atoms with van der Waals surface area (Å²) >= 11 is 0. The maximum absolute atomic E-state index is 14.7. The van der Waals surface area contributed by atoms with Crippen molar-refractivity contribution < 1.29 is 18.3 Å². The molecule has 0 bridgehead atoms. The van der Waals surface area contributed by atoms with Crippen molar-refractivity contribution in [1.29, 1.82) is 0 Å². The highest BCUT2D eigenvalue weighted by molar-refractivity contribution is 6.05.